The highest BCUT2D eigenvalue weighted by atomic mass is 16.6. The fourth-order valence-electron chi connectivity index (χ4n) is 4.55. The fourth-order valence-corrected chi connectivity index (χ4v) is 4.55. The van der Waals surface area contributed by atoms with E-state index in [0.29, 0.717) is 0 Å². The van der Waals surface area contributed by atoms with Gasteiger partial charge in [-0.05, 0) is 12.8 Å². The highest BCUT2D eigenvalue weighted by Gasteiger charge is 1.96. The van der Waals surface area contributed by atoms with Gasteiger partial charge in [-0.2, -0.15) is 0 Å². The molecule has 0 aliphatic heterocycles. The largest absolute Gasteiger partial charge is 0.302 e. The van der Waals surface area contributed by atoms with Crippen LogP contribution in [0.4, 0.5) is 0 Å². The van der Waals surface area contributed by atoms with Crippen LogP contribution in [0.15, 0.2) is 0 Å². The highest BCUT2D eigenvalue weighted by molar-refractivity contribution is 4.50. The Morgan fingerprint density at radius 3 is 0.969 bits per heavy atom. The van der Waals surface area contributed by atoms with Crippen molar-refractivity contribution in [2.24, 2.45) is 0 Å². The van der Waals surface area contributed by atoms with Crippen molar-refractivity contribution in [1.29, 1.82) is 0 Å². The van der Waals surface area contributed by atoms with Gasteiger partial charge in [-0.3, -0.25) is 0 Å². The van der Waals surface area contributed by atoms with Gasteiger partial charge in [-0.1, -0.05) is 168 Å². The Kier molecular flexibility index (Phi) is 30.8. The van der Waals surface area contributed by atoms with Crippen LogP contribution in [-0.2, 0) is 4.84 Å². The highest BCUT2D eigenvalue weighted by Crippen LogP contribution is 2.14. The minimum absolute atomic E-state index is 0.885. The van der Waals surface area contributed by atoms with E-state index in [0.717, 1.165) is 13.2 Å². The van der Waals surface area contributed by atoms with Crippen molar-refractivity contribution >= 4 is 0 Å². The molecule has 0 amide bonds. The average Bonchev–Trinajstić information content (AvgIpc) is 2.81. The number of hydroxylamine groups is 1. The Morgan fingerprint density at radius 1 is 0.344 bits per heavy atom. The van der Waals surface area contributed by atoms with E-state index in [2.05, 4.69) is 19.3 Å². The van der Waals surface area contributed by atoms with Gasteiger partial charge in [0.1, 0.15) is 0 Å². The van der Waals surface area contributed by atoms with Gasteiger partial charge in [0.25, 0.3) is 0 Å². The number of hydrogen-bond donors (Lipinski definition) is 1. The van der Waals surface area contributed by atoms with Crippen LogP contribution in [0.25, 0.3) is 0 Å². The van der Waals surface area contributed by atoms with Crippen LogP contribution >= 0.6 is 0 Å². The lowest BCUT2D eigenvalue weighted by atomic mass is 10.0. The fraction of sp³-hybridized carbons (Fsp3) is 1.00. The maximum absolute atomic E-state index is 5.59. The molecule has 32 heavy (non-hydrogen) atoms. The van der Waals surface area contributed by atoms with Gasteiger partial charge < -0.3 is 4.84 Å². The van der Waals surface area contributed by atoms with E-state index in [9.17, 15) is 0 Å². The molecule has 0 aromatic carbocycles. The molecule has 1 N–H and O–H groups in total. The van der Waals surface area contributed by atoms with Crippen molar-refractivity contribution in [3.05, 3.63) is 0 Å². The van der Waals surface area contributed by atoms with E-state index >= 15 is 0 Å². The molecule has 0 fully saturated rings. The molecule has 0 atom stereocenters. The molecular weight excluding hydrogens is 390 g/mol. The summed E-state index contributed by atoms with van der Waals surface area (Å²) in [6.45, 7) is 6.50. The van der Waals surface area contributed by atoms with Crippen LogP contribution in [0.5, 0.6) is 0 Å². The summed E-state index contributed by atoms with van der Waals surface area (Å²) < 4.78 is 0. The first-order chi connectivity index (χ1) is 15.9. The summed E-state index contributed by atoms with van der Waals surface area (Å²) in [6.07, 6.45) is 36.8. The van der Waals surface area contributed by atoms with Gasteiger partial charge in [0.15, 0.2) is 0 Å². The molecule has 2 nitrogen and oxygen atoms in total. The molecule has 0 bridgehead atoms. The Labute approximate surface area is 204 Å². The van der Waals surface area contributed by atoms with E-state index in [1.54, 1.807) is 0 Å². The third-order valence-electron chi connectivity index (χ3n) is 6.83. The molecule has 0 aromatic heterocycles. The second kappa shape index (κ2) is 30.9. The monoisotopic (exact) mass is 453 g/mol. The van der Waals surface area contributed by atoms with Crippen LogP contribution in [0.2, 0.25) is 0 Å². The first-order valence-electron chi connectivity index (χ1n) is 15.3. The van der Waals surface area contributed by atoms with E-state index in [-0.39, 0.29) is 0 Å². The molecule has 0 spiro atoms. The second-order valence-electron chi connectivity index (χ2n) is 10.2. The lowest BCUT2D eigenvalue weighted by Gasteiger charge is -2.06. The molecular formula is C30H63NO. The van der Waals surface area contributed by atoms with Gasteiger partial charge in [0.2, 0.25) is 0 Å². The summed E-state index contributed by atoms with van der Waals surface area (Å²) in [7, 11) is 0. The average molecular weight is 454 g/mol. The molecule has 194 valence electrons. The normalized spacial score (nSPS) is 11.4. The molecule has 0 aliphatic rings. The zero-order valence-electron chi connectivity index (χ0n) is 22.7. The lowest BCUT2D eigenvalue weighted by Crippen LogP contribution is -2.16. The summed E-state index contributed by atoms with van der Waals surface area (Å²) in [6, 6.07) is 0. The Balaban J connectivity index is 2.98. The Bertz CT molecular complexity index is 277. The quantitative estimate of drug-likeness (QED) is 0.0897. The Morgan fingerprint density at radius 2 is 0.625 bits per heavy atom. The molecule has 0 unspecified atom stereocenters. The van der Waals surface area contributed by atoms with Crippen molar-refractivity contribution in [1.82, 2.24) is 5.48 Å². The van der Waals surface area contributed by atoms with Crippen LogP contribution in [0.1, 0.15) is 181 Å². The van der Waals surface area contributed by atoms with Crippen LogP contribution < -0.4 is 5.48 Å². The molecule has 0 saturated heterocycles. The van der Waals surface area contributed by atoms with Crippen molar-refractivity contribution in [3.8, 4) is 0 Å². The molecule has 0 saturated carbocycles. The van der Waals surface area contributed by atoms with Crippen LogP contribution in [-0.4, -0.2) is 13.2 Å². The Hall–Kier alpha value is -0.0800. The second-order valence-corrected chi connectivity index (χ2v) is 10.2. The standard InChI is InChI=1S/C30H63NO/c1-3-5-7-9-11-13-15-16-17-18-19-20-22-24-26-28-30-32-31-29-27-25-23-21-14-12-10-8-6-4-2/h31H,3-30H2,1-2H3. The number of hydrogen-bond acceptors (Lipinski definition) is 2. The third kappa shape index (κ3) is 29.9. The maximum atomic E-state index is 5.59. The lowest BCUT2D eigenvalue weighted by molar-refractivity contribution is 0.0376. The van der Waals surface area contributed by atoms with E-state index < -0.39 is 0 Å². The first-order valence-corrected chi connectivity index (χ1v) is 15.3. The van der Waals surface area contributed by atoms with Gasteiger partial charge in [-0.25, -0.2) is 5.48 Å². The van der Waals surface area contributed by atoms with Crippen molar-refractivity contribution in [2.45, 2.75) is 181 Å². The SMILES string of the molecule is CCCCCCCCCCCCCCCCCCONCCCCCCCCCCCC. The molecule has 0 aliphatic carbocycles. The molecule has 0 radical (unpaired) electrons. The summed E-state index contributed by atoms with van der Waals surface area (Å²) in [5, 5.41) is 0. The topological polar surface area (TPSA) is 21.3 Å². The zero-order valence-corrected chi connectivity index (χ0v) is 22.7. The summed E-state index contributed by atoms with van der Waals surface area (Å²) >= 11 is 0. The number of nitrogens with one attached hydrogen (secondary N) is 1. The maximum Gasteiger partial charge on any atom is 0.0682 e. The van der Waals surface area contributed by atoms with E-state index in [1.165, 1.54) is 167 Å². The van der Waals surface area contributed by atoms with Crippen LogP contribution in [0, 0.1) is 0 Å². The predicted octanol–water partition coefficient (Wildman–Crippen LogP) is 10.7. The zero-order chi connectivity index (χ0) is 23.2. The summed E-state index contributed by atoms with van der Waals surface area (Å²) in [5.41, 5.74) is 3.16. The van der Waals surface area contributed by atoms with Crippen molar-refractivity contribution < 1.29 is 4.84 Å². The van der Waals surface area contributed by atoms with Crippen molar-refractivity contribution in [2.75, 3.05) is 13.2 Å². The first kappa shape index (κ1) is 31.9. The molecule has 0 aromatic rings. The van der Waals surface area contributed by atoms with Gasteiger partial charge in [0, 0.05) is 6.54 Å². The molecule has 0 heterocycles. The van der Waals surface area contributed by atoms with E-state index in [1.807, 2.05) is 0 Å². The molecule has 0 rings (SSSR count). The smallest absolute Gasteiger partial charge is 0.0682 e. The predicted molar refractivity (Wildman–Crippen MR) is 145 cm³/mol. The molecule has 2 heteroatoms. The number of unbranched alkanes of at least 4 members (excludes halogenated alkanes) is 24. The number of rotatable bonds is 29. The third-order valence-corrected chi connectivity index (χ3v) is 6.83. The summed E-state index contributed by atoms with van der Waals surface area (Å²) in [4.78, 5) is 5.59. The minimum Gasteiger partial charge on any atom is -0.302 e. The van der Waals surface area contributed by atoms with Gasteiger partial charge in [-0.15, -0.1) is 0 Å². The van der Waals surface area contributed by atoms with E-state index in [4.69, 9.17) is 4.84 Å². The van der Waals surface area contributed by atoms with Crippen molar-refractivity contribution in [3.63, 3.8) is 0 Å². The van der Waals surface area contributed by atoms with Crippen LogP contribution in [0.3, 0.4) is 0 Å². The summed E-state index contributed by atoms with van der Waals surface area (Å²) in [5.74, 6) is 0. The van der Waals surface area contributed by atoms with Gasteiger partial charge in [0.05, 0.1) is 6.61 Å². The minimum atomic E-state index is 0.885. The van der Waals surface area contributed by atoms with Gasteiger partial charge >= 0.3 is 0 Å².